The number of nitrogens with one attached hydrogen (secondary N) is 1. The van der Waals surface area contributed by atoms with Crippen LogP contribution in [0.1, 0.15) is 51.8 Å². The molecule has 1 fully saturated rings. The van der Waals surface area contributed by atoms with Gasteiger partial charge < -0.3 is 30.2 Å². The number of nitrogens with two attached hydrogens (primary N) is 1. The minimum atomic E-state index is -1.55. The van der Waals surface area contributed by atoms with E-state index in [1.54, 1.807) is 12.1 Å². The van der Waals surface area contributed by atoms with Crippen LogP contribution in [-0.2, 0) is 25.4 Å². The second-order valence-corrected chi connectivity index (χ2v) is 9.45. The molecule has 13 heteroatoms. The molecule has 0 radical (unpaired) electrons. The third-order valence-electron chi connectivity index (χ3n) is 6.05. The van der Waals surface area contributed by atoms with Gasteiger partial charge in [-0.2, -0.15) is 4.98 Å². The topological polar surface area (TPSA) is 175 Å². The largest absolute Gasteiger partial charge is 0.508 e. The quantitative estimate of drug-likeness (QED) is 0.259. The standard InChI is InChI=1S/C25H33FN4O8/c1-4-5-6-11-36-24(35)29-20-17(26)13-30(23(34)28-20)21-19(18(32)14(2)37-21)38-22(33)25(3,27)12-15-7-9-16(31)10-8-15/h7-10,13-14,18-19,21,31-32H,4-6,11-12,27H2,1-3H3,(H,28,29,34,35)/t14-,18-,19-,21-,25?/m1/s1. The number of aromatic nitrogens is 2. The third kappa shape index (κ3) is 7.05. The van der Waals surface area contributed by atoms with Crippen molar-refractivity contribution in [2.24, 2.45) is 5.73 Å². The van der Waals surface area contributed by atoms with E-state index in [0.29, 0.717) is 12.0 Å². The number of nitrogens with zero attached hydrogens (tertiary/aromatic N) is 2. The predicted octanol–water partition coefficient (Wildman–Crippen LogP) is 1.98. The highest BCUT2D eigenvalue weighted by molar-refractivity contribution is 5.83. The lowest BCUT2D eigenvalue weighted by molar-refractivity contribution is -0.164. The molecule has 1 amide bonds. The molecule has 208 valence electrons. The molecule has 1 unspecified atom stereocenters. The summed E-state index contributed by atoms with van der Waals surface area (Å²) in [6, 6.07) is 6.08. The molecule has 2 aromatic rings. The number of carbonyl (C=O) groups is 2. The Bertz CT molecular complexity index is 1190. The van der Waals surface area contributed by atoms with Gasteiger partial charge in [-0.15, -0.1) is 0 Å². The van der Waals surface area contributed by atoms with E-state index in [1.165, 1.54) is 26.0 Å². The summed E-state index contributed by atoms with van der Waals surface area (Å²) in [6.07, 6.45) is -2.85. The van der Waals surface area contributed by atoms with Gasteiger partial charge in [0.15, 0.2) is 24.0 Å². The van der Waals surface area contributed by atoms with Crippen LogP contribution in [0, 0.1) is 5.82 Å². The number of unbranched alkanes of at least 4 members (excludes halogenated alkanes) is 2. The number of ether oxygens (including phenoxy) is 3. The number of hydrogen-bond donors (Lipinski definition) is 4. The summed E-state index contributed by atoms with van der Waals surface area (Å²) in [7, 11) is 0. The fourth-order valence-corrected chi connectivity index (χ4v) is 3.90. The molecular formula is C25H33FN4O8. The fraction of sp³-hybridized carbons (Fsp3) is 0.520. The van der Waals surface area contributed by atoms with Gasteiger partial charge in [-0.25, -0.2) is 14.0 Å². The average Bonchev–Trinajstić information content (AvgIpc) is 3.13. The van der Waals surface area contributed by atoms with Crippen molar-refractivity contribution in [1.82, 2.24) is 9.55 Å². The zero-order valence-corrected chi connectivity index (χ0v) is 21.4. The number of benzene rings is 1. The van der Waals surface area contributed by atoms with E-state index in [-0.39, 0.29) is 18.8 Å². The fourth-order valence-electron chi connectivity index (χ4n) is 3.90. The Kier molecular flexibility index (Phi) is 9.41. The van der Waals surface area contributed by atoms with Crippen LogP contribution in [0.25, 0.3) is 0 Å². The van der Waals surface area contributed by atoms with Gasteiger partial charge in [-0.1, -0.05) is 31.9 Å². The van der Waals surface area contributed by atoms with Gasteiger partial charge >= 0.3 is 17.8 Å². The summed E-state index contributed by atoms with van der Waals surface area (Å²) in [5.41, 5.74) is 4.26. The second-order valence-electron chi connectivity index (χ2n) is 9.45. The van der Waals surface area contributed by atoms with E-state index in [4.69, 9.17) is 19.9 Å². The van der Waals surface area contributed by atoms with Crippen molar-refractivity contribution in [3.63, 3.8) is 0 Å². The van der Waals surface area contributed by atoms with Crippen LogP contribution in [0.4, 0.5) is 15.0 Å². The van der Waals surface area contributed by atoms with Gasteiger partial charge in [-0.3, -0.25) is 14.7 Å². The lowest BCUT2D eigenvalue weighted by Crippen LogP contribution is -2.51. The maximum atomic E-state index is 14.8. The minimum Gasteiger partial charge on any atom is -0.508 e. The summed E-state index contributed by atoms with van der Waals surface area (Å²) in [5, 5.41) is 22.1. The highest BCUT2D eigenvalue weighted by atomic mass is 19.1. The molecule has 0 saturated carbocycles. The van der Waals surface area contributed by atoms with Gasteiger partial charge in [0.1, 0.15) is 17.4 Å². The number of aliphatic hydroxyl groups is 1. The zero-order chi connectivity index (χ0) is 28.0. The molecule has 0 spiro atoms. The Morgan fingerprint density at radius 3 is 2.63 bits per heavy atom. The first-order valence-corrected chi connectivity index (χ1v) is 12.3. The molecule has 12 nitrogen and oxygen atoms in total. The Balaban J connectivity index is 1.75. The van der Waals surface area contributed by atoms with Crippen molar-refractivity contribution < 1.29 is 38.4 Å². The van der Waals surface area contributed by atoms with E-state index >= 15 is 0 Å². The van der Waals surface area contributed by atoms with Crippen molar-refractivity contribution in [2.75, 3.05) is 11.9 Å². The molecule has 1 aromatic carbocycles. The molecule has 1 saturated heterocycles. The van der Waals surface area contributed by atoms with Crippen LogP contribution in [-0.4, -0.2) is 62.3 Å². The number of rotatable bonds is 10. The number of carbonyl (C=O) groups excluding carboxylic acids is 2. The molecule has 3 rings (SSSR count). The number of phenolic OH excluding ortho intramolecular Hbond substituents is 1. The van der Waals surface area contributed by atoms with E-state index in [1.807, 2.05) is 6.92 Å². The first-order chi connectivity index (χ1) is 17.9. The summed E-state index contributed by atoms with van der Waals surface area (Å²) < 4.78 is 31.5. The van der Waals surface area contributed by atoms with Crippen molar-refractivity contribution in [3.8, 4) is 5.75 Å². The third-order valence-corrected chi connectivity index (χ3v) is 6.05. The Hall–Kier alpha value is -3.55. The monoisotopic (exact) mass is 536 g/mol. The number of amides is 1. The lowest BCUT2D eigenvalue weighted by atomic mass is 9.94. The number of anilines is 1. The summed E-state index contributed by atoms with van der Waals surface area (Å²) in [5.74, 6) is -2.57. The molecule has 5 N–H and O–H groups in total. The highest BCUT2D eigenvalue weighted by Gasteiger charge is 2.47. The average molecular weight is 537 g/mol. The van der Waals surface area contributed by atoms with E-state index < -0.39 is 59.5 Å². The molecule has 2 heterocycles. The highest BCUT2D eigenvalue weighted by Crippen LogP contribution is 2.32. The molecule has 1 aliphatic rings. The van der Waals surface area contributed by atoms with Crippen LogP contribution >= 0.6 is 0 Å². The van der Waals surface area contributed by atoms with Crippen molar-refractivity contribution in [3.05, 3.63) is 52.3 Å². The number of phenols is 1. The van der Waals surface area contributed by atoms with Gasteiger partial charge in [0, 0.05) is 6.42 Å². The predicted molar refractivity (Wildman–Crippen MR) is 133 cm³/mol. The molecule has 1 aliphatic heterocycles. The van der Waals surface area contributed by atoms with Gasteiger partial charge in [0.25, 0.3) is 0 Å². The molecule has 38 heavy (non-hydrogen) atoms. The molecule has 0 bridgehead atoms. The van der Waals surface area contributed by atoms with Gasteiger partial charge in [-0.05, 0) is 38.0 Å². The van der Waals surface area contributed by atoms with Gasteiger partial charge in [0.05, 0.1) is 18.9 Å². The molecule has 5 atom stereocenters. The Labute approximate surface area is 218 Å². The molecular weight excluding hydrogens is 503 g/mol. The minimum absolute atomic E-state index is 0.0427. The summed E-state index contributed by atoms with van der Waals surface area (Å²) in [6.45, 7) is 5.03. The van der Waals surface area contributed by atoms with E-state index in [2.05, 4.69) is 10.3 Å². The van der Waals surface area contributed by atoms with E-state index in [9.17, 15) is 29.0 Å². The van der Waals surface area contributed by atoms with Crippen molar-refractivity contribution in [2.45, 2.75) is 76.5 Å². The normalized spacial score (nSPS) is 22.5. The van der Waals surface area contributed by atoms with Crippen LogP contribution < -0.4 is 16.7 Å². The maximum absolute atomic E-state index is 14.8. The van der Waals surface area contributed by atoms with Crippen molar-refractivity contribution >= 4 is 17.9 Å². The number of halogens is 1. The first kappa shape index (κ1) is 29.0. The van der Waals surface area contributed by atoms with Crippen LogP contribution in [0.2, 0.25) is 0 Å². The summed E-state index contributed by atoms with van der Waals surface area (Å²) >= 11 is 0. The lowest BCUT2D eigenvalue weighted by Gasteiger charge is -2.28. The second kappa shape index (κ2) is 12.3. The number of hydrogen-bond acceptors (Lipinski definition) is 10. The SMILES string of the molecule is CCCCCOC(=O)Nc1nc(=O)n([C@@H]2O[C@H](C)[C@@H](O)[C@H]2OC(=O)C(C)(N)Cc2ccc(O)cc2)cc1F. The number of aromatic hydroxyl groups is 1. The van der Waals surface area contributed by atoms with Gasteiger partial charge in [0.2, 0.25) is 0 Å². The van der Waals surface area contributed by atoms with Crippen LogP contribution in [0.5, 0.6) is 5.75 Å². The molecule has 1 aromatic heterocycles. The van der Waals surface area contributed by atoms with E-state index in [0.717, 1.165) is 23.6 Å². The Morgan fingerprint density at radius 1 is 1.29 bits per heavy atom. The van der Waals surface area contributed by atoms with Crippen LogP contribution in [0.3, 0.4) is 0 Å². The maximum Gasteiger partial charge on any atom is 0.412 e. The number of aliphatic hydroxyl groups excluding tert-OH is 1. The smallest absolute Gasteiger partial charge is 0.412 e. The first-order valence-electron chi connectivity index (χ1n) is 12.3. The van der Waals surface area contributed by atoms with Crippen LogP contribution in [0.15, 0.2) is 35.3 Å². The number of esters is 1. The zero-order valence-electron chi connectivity index (χ0n) is 21.4. The molecule has 0 aliphatic carbocycles. The Morgan fingerprint density at radius 2 is 1.97 bits per heavy atom. The summed E-state index contributed by atoms with van der Waals surface area (Å²) in [4.78, 5) is 41.1. The van der Waals surface area contributed by atoms with Crippen molar-refractivity contribution in [1.29, 1.82) is 0 Å².